The van der Waals surface area contributed by atoms with Crippen LogP contribution in [-0.2, 0) is 0 Å². The van der Waals surface area contributed by atoms with Gasteiger partial charge in [-0.05, 0) is 6.42 Å². The maximum absolute atomic E-state index is 5.55. The normalized spacial score (nSPS) is 10.4. The molecule has 0 aliphatic rings. The molecule has 1 aromatic rings. The molecule has 0 aliphatic heterocycles. The summed E-state index contributed by atoms with van der Waals surface area (Å²) in [6.45, 7) is 2.21. The Hall–Kier alpha value is -0.220. The number of rotatable bonds is 5. The number of hydrogen-bond acceptors (Lipinski definition) is 4. The Kier molecular flexibility index (Phi) is 4.46. The van der Waals surface area contributed by atoms with Crippen molar-refractivity contribution in [2.24, 2.45) is 0 Å². The summed E-state index contributed by atoms with van der Waals surface area (Å²) < 4.78 is 1.10. The number of anilines is 1. The van der Waals surface area contributed by atoms with Crippen LogP contribution in [0.15, 0.2) is 10.5 Å². The number of nitrogens with zero attached hydrogens (tertiary/aromatic N) is 1. The van der Waals surface area contributed by atoms with Crippen molar-refractivity contribution in [2.45, 2.75) is 30.5 Å². The van der Waals surface area contributed by atoms with Crippen molar-refractivity contribution < 1.29 is 0 Å². The van der Waals surface area contributed by atoms with Crippen LogP contribution in [0.2, 0.25) is 0 Å². The molecular formula is C8H14N2S2. The van der Waals surface area contributed by atoms with Crippen molar-refractivity contribution in [1.29, 1.82) is 0 Å². The summed E-state index contributed by atoms with van der Waals surface area (Å²) in [5.74, 6) is 1.17. The predicted molar refractivity (Wildman–Crippen MR) is 56.8 cm³/mol. The molecule has 0 atom stereocenters. The first kappa shape index (κ1) is 9.86. The molecule has 2 nitrogen and oxygen atoms in total. The van der Waals surface area contributed by atoms with Gasteiger partial charge in [0.05, 0.1) is 6.20 Å². The van der Waals surface area contributed by atoms with Crippen LogP contribution in [0.5, 0.6) is 0 Å². The van der Waals surface area contributed by atoms with E-state index >= 15 is 0 Å². The molecule has 0 radical (unpaired) electrons. The topological polar surface area (TPSA) is 38.9 Å². The molecule has 4 heteroatoms. The molecule has 1 aromatic heterocycles. The Morgan fingerprint density at radius 2 is 2.42 bits per heavy atom. The standard InChI is InChI=1S/C8H14N2S2/c1-2-3-4-5-11-8-10-6-7(9)12-8/h6H,2-5,9H2,1H3. The maximum Gasteiger partial charge on any atom is 0.151 e. The fraction of sp³-hybridized carbons (Fsp3) is 0.625. The van der Waals surface area contributed by atoms with Crippen molar-refractivity contribution in [3.05, 3.63) is 6.20 Å². The van der Waals surface area contributed by atoms with Gasteiger partial charge in [0.15, 0.2) is 4.34 Å². The second-order valence-electron chi connectivity index (χ2n) is 2.58. The fourth-order valence-electron chi connectivity index (χ4n) is 0.848. The van der Waals surface area contributed by atoms with Crippen LogP contribution in [0.3, 0.4) is 0 Å². The summed E-state index contributed by atoms with van der Waals surface area (Å²) in [6.07, 6.45) is 5.60. The van der Waals surface area contributed by atoms with E-state index in [-0.39, 0.29) is 0 Å². The Morgan fingerprint density at radius 3 is 3.00 bits per heavy atom. The fourth-order valence-corrected chi connectivity index (χ4v) is 2.69. The van der Waals surface area contributed by atoms with Crippen LogP contribution < -0.4 is 5.73 Å². The average Bonchev–Trinajstić information content (AvgIpc) is 2.45. The number of thiazole rings is 1. The summed E-state index contributed by atoms with van der Waals surface area (Å²) in [5.41, 5.74) is 5.55. The average molecular weight is 202 g/mol. The number of unbranched alkanes of at least 4 members (excludes halogenated alkanes) is 2. The molecule has 0 aromatic carbocycles. The minimum Gasteiger partial charge on any atom is -0.389 e. The van der Waals surface area contributed by atoms with E-state index in [4.69, 9.17) is 5.73 Å². The molecule has 0 unspecified atom stereocenters. The van der Waals surface area contributed by atoms with E-state index in [9.17, 15) is 0 Å². The Morgan fingerprint density at radius 1 is 1.58 bits per heavy atom. The van der Waals surface area contributed by atoms with Gasteiger partial charge in [0.25, 0.3) is 0 Å². The summed E-state index contributed by atoms with van der Waals surface area (Å²) in [7, 11) is 0. The van der Waals surface area contributed by atoms with Crippen LogP contribution in [0, 0.1) is 0 Å². The van der Waals surface area contributed by atoms with E-state index in [0.717, 1.165) is 9.34 Å². The highest BCUT2D eigenvalue weighted by molar-refractivity contribution is 8.01. The first-order chi connectivity index (χ1) is 5.83. The second-order valence-corrected chi connectivity index (χ2v) is 4.99. The van der Waals surface area contributed by atoms with E-state index in [2.05, 4.69) is 11.9 Å². The molecule has 0 saturated heterocycles. The lowest BCUT2D eigenvalue weighted by molar-refractivity contribution is 0.778. The summed E-state index contributed by atoms with van der Waals surface area (Å²) in [6, 6.07) is 0. The first-order valence-corrected chi connectivity index (χ1v) is 5.97. The molecule has 12 heavy (non-hydrogen) atoms. The lowest BCUT2D eigenvalue weighted by Gasteiger charge is -1.94. The third-order valence-corrected chi connectivity index (χ3v) is 3.55. The van der Waals surface area contributed by atoms with Crippen molar-refractivity contribution in [3.8, 4) is 0 Å². The predicted octanol–water partition coefficient (Wildman–Crippen LogP) is 3.01. The highest BCUT2D eigenvalue weighted by Gasteiger charge is 1.98. The van der Waals surface area contributed by atoms with Crippen molar-refractivity contribution in [2.75, 3.05) is 11.5 Å². The third kappa shape index (κ3) is 3.45. The summed E-state index contributed by atoms with van der Waals surface area (Å²) in [5, 5.41) is 0.813. The zero-order valence-corrected chi connectivity index (χ0v) is 8.88. The number of aromatic nitrogens is 1. The number of thioether (sulfide) groups is 1. The van der Waals surface area contributed by atoms with Crippen molar-refractivity contribution in [1.82, 2.24) is 4.98 Å². The van der Waals surface area contributed by atoms with Gasteiger partial charge in [-0.3, -0.25) is 0 Å². The SMILES string of the molecule is CCCCCSc1ncc(N)s1. The van der Waals surface area contributed by atoms with Crippen LogP contribution in [-0.4, -0.2) is 10.7 Å². The molecule has 0 spiro atoms. The van der Waals surface area contributed by atoms with Crippen LogP contribution >= 0.6 is 23.1 Å². The molecule has 0 saturated carbocycles. The number of nitrogens with two attached hydrogens (primary N) is 1. The number of nitrogen functional groups attached to an aromatic ring is 1. The van der Waals surface area contributed by atoms with Gasteiger partial charge < -0.3 is 5.73 Å². The van der Waals surface area contributed by atoms with Gasteiger partial charge >= 0.3 is 0 Å². The molecule has 68 valence electrons. The van der Waals surface area contributed by atoms with Gasteiger partial charge in [-0.25, -0.2) is 4.98 Å². The maximum atomic E-state index is 5.55. The molecule has 1 rings (SSSR count). The Balaban J connectivity index is 2.15. The third-order valence-electron chi connectivity index (χ3n) is 1.48. The van der Waals surface area contributed by atoms with Gasteiger partial charge in [-0.1, -0.05) is 42.9 Å². The lowest BCUT2D eigenvalue weighted by atomic mass is 10.3. The Labute approximate surface area is 81.6 Å². The minimum atomic E-state index is 0.813. The summed E-state index contributed by atoms with van der Waals surface area (Å²) >= 11 is 3.38. The molecule has 0 bridgehead atoms. The van der Waals surface area contributed by atoms with E-state index in [1.54, 1.807) is 17.5 Å². The highest BCUT2D eigenvalue weighted by atomic mass is 32.2. The van der Waals surface area contributed by atoms with E-state index in [1.807, 2.05) is 11.8 Å². The van der Waals surface area contributed by atoms with E-state index in [0.29, 0.717) is 0 Å². The molecule has 0 amide bonds. The van der Waals surface area contributed by atoms with Gasteiger partial charge in [0.1, 0.15) is 5.00 Å². The van der Waals surface area contributed by atoms with Crippen LogP contribution in [0.1, 0.15) is 26.2 Å². The van der Waals surface area contributed by atoms with Crippen molar-refractivity contribution in [3.63, 3.8) is 0 Å². The van der Waals surface area contributed by atoms with Crippen LogP contribution in [0.25, 0.3) is 0 Å². The lowest BCUT2D eigenvalue weighted by Crippen LogP contribution is -1.78. The first-order valence-electron chi connectivity index (χ1n) is 4.17. The minimum absolute atomic E-state index is 0.813. The zero-order valence-electron chi connectivity index (χ0n) is 7.25. The largest absolute Gasteiger partial charge is 0.389 e. The van der Waals surface area contributed by atoms with Gasteiger partial charge in [0.2, 0.25) is 0 Å². The smallest absolute Gasteiger partial charge is 0.151 e. The summed E-state index contributed by atoms with van der Waals surface area (Å²) in [4.78, 5) is 4.17. The highest BCUT2D eigenvalue weighted by Crippen LogP contribution is 2.26. The van der Waals surface area contributed by atoms with Crippen LogP contribution in [0.4, 0.5) is 5.00 Å². The molecule has 0 aliphatic carbocycles. The quantitative estimate of drug-likeness (QED) is 0.589. The monoisotopic (exact) mass is 202 g/mol. The molecule has 1 heterocycles. The van der Waals surface area contributed by atoms with E-state index in [1.165, 1.54) is 25.0 Å². The van der Waals surface area contributed by atoms with Gasteiger partial charge in [0, 0.05) is 5.75 Å². The molecule has 2 N–H and O–H groups in total. The molecule has 0 fully saturated rings. The Bertz CT molecular complexity index is 223. The van der Waals surface area contributed by atoms with Crippen molar-refractivity contribution >= 4 is 28.1 Å². The molecular weight excluding hydrogens is 188 g/mol. The zero-order chi connectivity index (χ0) is 8.81. The van der Waals surface area contributed by atoms with Gasteiger partial charge in [-0.15, -0.1) is 0 Å². The number of hydrogen-bond donors (Lipinski definition) is 1. The van der Waals surface area contributed by atoms with Gasteiger partial charge in [-0.2, -0.15) is 0 Å². The van der Waals surface area contributed by atoms with E-state index < -0.39 is 0 Å². The second kappa shape index (κ2) is 5.43.